The molecule has 0 bridgehead atoms. The van der Waals surface area contributed by atoms with Crippen LogP contribution in [0.25, 0.3) is 0 Å². The number of hydrogen-bond donors (Lipinski definition) is 1. The maximum atomic E-state index is 10.8. The minimum Gasteiger partial charge on any atom is -0.381 e. The Kier molecular flexibility index (Phi) is 4.55. The zero-order valence-electron chi connectivity index (χ0n) is 9.77. The Morgan fingerprint density at radius 2 is 1.95 bits per heavy atom. The first-order valence-electron chi connectivity index (χ1n) is 5.48. The minimum absolute atomic E-state index is 0.0774. The van der Waals surface area contributed by atoms with Crippen molar-refractivity contribution in [3.8, 4) is 0 Å². The molecule has 0 spiro atoms. The molecule has 0 aliphatic heterocycles. The van der Waals surface area contributed by atoms with Gasteiger partial charge in [-0.3, -0.25) is 10.1 Å². The Labute approximate surface area is 127 Å². The van der Waals surface area contributed by atoms with Crippen molar-refractivity contribution < 1.29 is 4.92 Å². The van der Waals surface area contributed by atoms with E-state index in [1.165, 1.54) is 0 Å². The molecule has 0 heterocycles. The summed E-state index contributed by atoms with van der Waals surface area (Å²) in [7, 11) is 0. The predicted octanol–water partition coefficient (Wildman–Crippen LogP) is 4.73. The summed E-state index contributed by atoms with van der Waals surface area (Å²) in [4.78, 5) is 10.4. The van der Waals surface area contributed by atoms with Gasteiger partial charge in [-0.15, -0.1) is 0 Å². The molecule has 0 unspecified atom stereocenters. The van der Waals surface area contributed by atoms with Gasteiger partial charge in [-0.2, -0.15) is 0 Å². The minimum atomic E-state index is -0.396. The van der Waals surface area contributed by atoms with E-state index in [9.17, 15) is 10.1 Å². The average Bonchev–Trinajstić information content (AvgIpc) is 2.37. The van der Waals surface area contributed by atoms with E-state index in [1.807, 2.05) is 30.3 Å². The monoisotopic (exact) mass is 384 g/mol. The van der Waals surface area contributed by atoms with Gasteiger partial charge >= 0.3 is 0 Å². The SMILES string of the molecule is O=[N+]([O-])c1cc(CNc2cccc(Br)c2)ccc1Br. The van der Waals surface area contributed by atoms with Gasteiger partial charge in [0, 0.05) is 22.8 Å². The second-order valence-electron chi connectivity index (χ2n) is 3.91. The molecule has 0 aliphatic rings. The predicted molar refractivity (Wildman–Crippen MR) is 82.3 cm³/mol. The smallest absolute Gasteiger partial charge is 0.283 e. The van der Waals surface area contributed by atoms with Crippen molar-refractivity contribution in [3.05, 3.63) is 67.1 Å². The molecule has 1 N–H and O–H groups in total. The molecule has 0 saturated carbocycles. The van der Waals surface area contributed by atoms with Gasteiger partial charge in [0.25, 0.3) is 5.69 Å². The summed E-state index contributed by atoms with van der Waals surface area (Å²) in [5.41, 5.74) is 1.89. The molecule has 0 radical (unpaired) electrons. The van der Waals surface area contributed by atoms with Crippen molar-refractivity contribution in [2.75, 3.05) is 5.32 Å². The highest BCUT2D eigenvalue weighted by atomic mass is 79.9. The van der Waals surface area contributed by atoms with Crippen LogP contribution in [0.5, 0.6) is 0 Å². The molecule has 0 fully saturated rings. The Balaban J connectivity index is 2.12. The fourth-order valence-corrected chi connectivity index (χ4v) is 2.40. The van der Waals surface area contributed by atoms with E-state index in [0.29, 0.717) is 11.0 Å². The van der Waals surface area contributed by atoms with Crippen molar-refractivity contribution in [3.63, 3.8) is 0 Å². The molecule has 19 heavy (non-hydrogen) atoms. The fourth-order valence-electron chi connectivity index (χ4n) is 1.61. The number of anilines is 1. The third-order valence-electron chi connectivity index (χ3n) is 2.53. The molecular weight excluding hydrogens is 376 g/mol. The lowest BCUT2D eigenvalue weighted by Crippen LogP contribution is -2.00. The molecule has 2 rings (SSSR count). The Hall–Kier alpha value is -1.40. The maximum Gasteiger partial charge on any atom is 0.283 e. The van der Waals surface area contributed by atoms with E-state index < -0.39 is 4.92 Å². The van der Waals surface area contributed by atoms with Crippen LogP contribution in [-0.2, 0) is 6.54 Å². The summed E-state index contributed by atoms with van der Waals surface area (Å²) >= 11 is 6.56. The van der Waals surface area contributed by atoms with Gasteiger partial charge in [0.1, 0.15) is 0 Å². The van der Waals surface area contributed by atoms with Gasteiger partial charge in [0.15, 0.2) is 0 Å². The van der Waals surface area contributed by atoms with Crippen molar-refractivity contribution >= 4 is 43.2 Å². The number of nitrogens with zero attached hydrogens (tertiary/aromatic N) is 1. The van der Waals surface area contributed by atoms with Crippen molar-refractivity contribution in [2.24, 2.45) is 0 Å². The molecule has 0 amide bonds. The first-order chi connectivity index (χ1) is 9.06. The molecule has 2 aromatic rings. The van der Waals surface area contributed by atoms with Crippen molar-refractivity contribution in [2.45, 2.75) is 6.54 Å². The van der Waals surface area contributed by atoms with E-state index in [-0.39, 0.29) is 5.69 Å². The highest BCUT2D eigenvalue weighted by Crippen LogP contribution is 2.26. The van der Waals surface area contributed by atoms with E-state index in [1.54, 1.807) is 12.1 Å². The van der Waals surface area contributed by atoms with Crippen LogP contribution >= 0.6 is 31.9 Å². The quantitative estimate of drug-likeness (QED) is 0.611. The maximum absolute atomic E-state index is 10.8. The molecule has 0 saturated heterocycles. The van der Waals surface area contributed by atoms with Crippen LogP contribution in [0.15, 0.2) is 51.4 Å². The lowest BCUT2D eigenvalue weighted by Gasteiger charge is -2.07. The topological polar surface area (TPSA) is 55.2 Å². The summed E-state index contributed by atoms with van der Waals surface area (Å²) in [6.45, 7) is 0.532. The fraction of sp³-hybridized carbons (Fsp3) is 0.0769. The highest BCUT2D eigenvalue weighted by Gasteiger charge is 2.11. The Morgan fingerprint density at radius 1 is 1.16 bits per heavy atom. The van der Waals surface area contributed by atoms with E-state index >= 15 is 0 Å². The lowest BCUT2D eigenvalue weighted by atomic mass is 10.2. The third kappa shape index (κ3) is 3.78. The number of benzene rings is 2. The number of rotatable bonds is 4. The summed E-state index contributed by atoms with van der Waals surface area (Å²) in [5, 5.41) is 14.1. The number of nitrogens with one attached hydrogen (secondary N) is 1. The van der Waals surface area contributed by atoms with Crippen LogP contribution in [-0.4, -0.2) is 4.92 Å². The summed E-state index contributed by atoms with van der Waals surface area (Å²) in [6, 6.07) is 12.9. The number of nitro benzene ring substituents is 1. The van der Waals surface area contributed by atoms with Gasteiger partial charge in [0.05, 0.1) is 9.40 Å². The highest BCUT2D eigenvalue weighted by molar-refractivity contribution is 9.10. The normalized spacial score (nSPS) is 10.2. The molecule has 0 aromatic heterocycles. The second-order valence-corrected chi connectivity index (χ2v) is 5.68. The van der Waals surface area contributed by atoms with Crippen LogP contribution in [0.2, 0.25) is 0 Å². The number of hydrogen-bond acceptors (Lipinski definition) is 3. The van der Waals surface area contributed by atoms with Gasteiger partial charge in [0.2, 0.25) is 0 Å². The summed E-state index contributed by atoms with van der Waals surface area (Å²) in [5.74, 6) is 0. The molecular formula is C13H10Br2N2O2. The van der Waals surface area contributed by atoms with E-state index in [4.69, 9.17) is 0 Å². The van der Waals surface area contributed by atoms with Crippen LogP contribution in [0, 0.1) is 10.1 Å². The van der Waals surface area contributed by atoms with Gasteiger partial charge < -0.3 is 5.32 Å². The Morgan fingerprint density at radius 3 is 2.63 bits per heavy atom. The molecule has 98 valence electrons. The van der Waals surface area contributed by atoms with Gasteiger partial charge in [-0.1, -0.05) is 28.1 Å². The second kappa shape index (κ2) is 6.16. The lowest BCUT2D eigenvalue weighted by molar-refractivity contribution is -0.385. The zero-order valence-corrected chi connectivity index (χ0v) is 12.9. The molecule has 0 atom stereocenters. The number of nitro groups is 1. The molecule has 6 heteroatoms. The first kappa shape index (κ1) is 14.0. The van der Waals surface area contributed by atoms with Crippen LogP contribution in [0.3, 0.4) is 0 Å². The van der Waals surface area contributed by atoms with E-state index in [2.05, 4.69) is 37.2 Å². The average molecular weight is 386 g/mol. The first-order valence-corrected chi connectivity index (χ1v) is 7.07. The standard InChI is InChI=1S/C13H10Br2N2O2/c14-10-2-1-3-11(7-10)16-8-9-4-5-12(15)13(6-9)17(18)19/h1-7,16H,8H2. The zero-order chi connectivity index (χ0) is 13.8. The van der Waals surface area contributed by atoms with Crippen molar-refractivity contribution in [1.29, 1.82) is 0 Å². The Bertz CT molecular complexity index is 617. The van der Waals surface area contributed by atoms with E-state index in [0.717, 1.165) is 15.7 Å². The molecule has 0 aliphatic carbocycles. The number of halogens is 2. The largest absolute Gasteiger partial charge is 0.381 e. The summed E-state index contributed by atoms with van der Waals surface area (Å²) < 4.78 is 1.47. The molecule has 2 aromatic carbocycles. The van der Waals surface area contributed by atoms with Crippen LogP contribution in [0.1, 0.15) is 5.56 Å². The van der Waals surface area contributed by atoms with Crippen LogP contribution in [0.4, 0.5) is 11.4 Å². The molecule has 4 nitrogen and oxygen atoms in total. The summed E-state index contributed by atoms with van der Waals surface area (Å²) in [6.07, 6.45) is 0. The third-order valence-corrected chi connectivity index (χ3v) is 3.69. The van der Waals surface area contributed by atoms with Crippen molar-refractivity contribution in [1.82, 2.24) is 0 Å². The van der Waals surface area contributed by atoms with Gasteiger partial charge in [-0.25, -0.2) is 0 Å². The van der Waals surface area contributed by atoms with Gasteiger partial charge in [-0.05, 0) is 45.8 Å². The van der Waals surface area contributed by atoms with Crippen LogP contribution < -0.4 is 5.32 Å².